The van der Waals surface area contributed by atoms with Crippen molar-refractivity contribution in [2.75, 3.05) is 26.3 Å². The molecule has 0 atom stereocenters. The first-order valence-electron chi connectivity index (χ1n) is 12.8. The highest BCUT2D eigenvalue weighted by Crippen LogP contribution is 2.30. The lowest BCUT2D eigenvalue weighted by atomic mass is 9.93. The largest absolute Gasteiger partial charge is 0.494 e. The van der Waals surface area contributed by atoms with Crippen molar-refractivity contribution < 1.29 is 23.9 Å². The highest BCUT2D eigenvalue weighted by atomic mass is 16.5. The highest BCUT2D eigenvalue weighted by molar-refractivity contribution is 6.05. The molecule has 0 radical (unpaired) electrons. The number of ether oxygens (including phenoxy) is 2. The van der Waals surface area contributed by atoms with Crippen LogP contribution in [-0.4, -0.2) is 65.9 Å². The molecule has 2 fully saturated rings. The summed E-state index contributed by atoms with van der Waals surface area (Å²) in [6.07, 6.45) is 8.46. The molecule has 2 aliphatic heterocycles. The van der Waals surface area contributed by atoms with Gasteiger partial charge in [0.1, 0.15) is 12.3 Å². The fourth-order valence-corrected chi connectivity index (χ4v) is 4.99. The molecule has 1 aliphatic carbocycles. The molecule has 1 aromatic rings. The predicted molar refractivity (Wildman–Crippen MR) is 131 cm³/mol. The molecule has 0 spiro atoms. The van der Waals surface area contributed by atoms with Crippen LogP contribution in [0.25, 0.3) is 0 Å². The first-order valence-corrected chi connectivity index (χ1v) is 12.8. The van der Waals surface area contributed by atoms with E-state index in [-0.39, 0.29) is 17.8 Å². The predicted octanol–water partition coefficient (Wildman–Crippen LogP) is 3.28. The second kappa shape index (κ2) is 12.0. The maximum Gasteiger partial charge on any atom is 0.302 e. The van der Waals surface area contributed by atoms with Crippen molar-refractivity contribution in [3.63, 3.8) is 0 Å². The third-order valence-corrected chi connectivity index (χ3v) is 6.76. The molecule has 0 bridgehead atoms. The Morgan fingerprint density at radius 1 is 1.11 bits per heavy atom. The number of nitrogens with zero attached hydrogens (tertiary/aromatic N) is 3. The smallest absolute Gasteiger partial charge is 0.302 e. The Balaban J connectivity index is 1.20. The SMILES string of the molecule is CC(=O)OCCCN(C(=O)CCCCOc1ccc2c(c1)CN1CC(=O)NC1=N2)C1CCCCC1. The standard InChI is InChI=1S/C26H36N4O5/c1-19(31)34-15-7-13-30(21-8-3-2-4-9-21)25(33)10-5-6-14-35-22-11-12-23-20(16-22)17-29-18-24(32)28-26(29)27-23/h11-12,16,21H,2-10,13-15,17-18H2,1H3,(H,27,28,32). The molecule has 35 heavy (non-hydrogen) atoms. The van der Waals surface area contributed by atoms with E-state index in [9.17, 15) is 14.4 Å². The molecule has 0 aromatic heterocycles. The number of esters is 1. The van der Waals surface area contributed by atoms with Crippen LogP contribution >= 0.6 is 0 Å². The Bertz CT molecular complexity index is 957. The van der Waals surface area contributed by atoms with E-state index in [1.54, 1.807) is 0 Å². The molecule has 4 rings (SSSR count). The van der Waals surface area contributed by atoms with Gasteiger partial charge in [0.25, 0.3) is 0 Å². The summed E-state index contributed by atoms with van der Waals surface area (Å²) >= 11 is 0. The lowest BCUT2D eigenvalue weighted by Crippen LogP contribution is -2.42. The molecule has 3 aliphatic rings. The second-order valence-corrected chi connectivity index (χ2v) is 9.51. The number of aliphatic imine (C=N–C) groups is 1. The summed E-state index contributed by atoms with van der Waals surface area (Å²) in [5, 5.41) is 2.77. The van der Waals surface area contributed by atoms with Gasteiger partial charge in [-0.05, 0) is 50.3 Å². The van der Waals surface area contributed by atoms with Crippen molar-refractivity contribution in [1.29, 1.82) is 0 Å². The number of carbonyl (C=O) groups excluding carboxylic acids is 3. The zero-order valence-corrected chi connectivity index (χ0v) is 20.6. The highest BCUT2D eigenvalue weighted by Gasteiger charge is 2.29. The topological polar surface area (TPSA) is 101 Å². The summed E-state index contributed by atoms with van der Waals surface area (Å²) in [6, 6.07) is 6.11. The zero-order valence-electron chi connectivity index (χ0n) is 20.6. The number of benzene rings is 1. The number of hydrogen-bond donors (Lipinski definition) is 1. The van der Waals surface area contributed by atoms with Crippen molar-refractivity contribution in [2.24, 2.45) is 4.99 Å². The van der Waals surface area contributed by atoms with Crippen molar-refractivity contribution in [3.8, 4) is 5.75 Å². The minimum Gasteiger partial charge on any atom is -0.494 e. The number of fused-ring (bicyclic) bond motifs is 2. The van der Waals surface area contributed by atoms with Crippen LogP contribution in [0.3, 0.4) is 0 Å². The summed E-state index contributed by atoms with van der Waals surface area (Å²) < 4.78 is 11.0. The van der Waals surface area contributed by atoms with Gasteiger partial charge in [0.15, 0.2) is 0 Å². The van der Waals surface area contributed by atoms with Gasteiger partial charge in [-0.25, -0.2) is 4.99 Å². The van der Waals surface area contributed by atoms with Crippen LogP contribution in [0, 0.1) is 0 Å². The first-order chi connectivity index (χ1) is 17.0. The Morgan fingerprint density at radius 3 is 2.74 bits per heavy atom. The van der Waals surface area contributed by atoms with Crippen LogP contribution in [0.5, 0.6) is 5.75 Å². The number of amides is 2. The molecule has 1 saturated heterocycles. The number of nitrogens with one attached hydrogen (secondary N) is 1. The van der Waals surface area contributed by atoms with Crippen molar-refractivity contribution in [2.45, 2.75) is 77.3 Å². The summed E-state index contributed by atoms with van der Waals surface area (Å²) in [7, 11) is 0. The third kappa shape index (κ3) is 6.96. The summed E-state index contributed by atoms with van der Waals surface area (Å²) in [6.45, 7) is 3.92. The monoisotopic (exact) mass is 484 g/mol. The Kier molecular flexibility index (Phi) is 8.60. The molecule has 190 valence electrons. The number of hydrogen-bond acceptors (Lipinski definition) is 7. The Morgan fingerprint density at radius 2 is 1.94 bits per heavy atom. The maximum atomic E-state index is 13.0. The van der Waals surface area contributed by atoms with E-state index in [4.69, 9.17) is 9.47 Å². The van der Waals surface area contributed by atoms with Crippen molar-refractivity contribution in [3.05, 3.63) is 23.8 Å². The number of unbranched alkanes of at least 4 members (excludes halogenated alkanes) is 1. The maximum absolute atomic E-state index is 13.0. The van der Waals surface area contributed by atoms with E-state index >= 15 is 0 Å². The van der Waals surface area contributed by atoms with Gasteiger partial charge in [-0.3, -0.25) is 19.7 Å². The summed E-state index contributed by atoms with van der Waals surface area (Å²) in [5.74, 6) is 1.28. The molecule has 2 heterocycles. The van der Waals surface area contributed by atoms with E-state index in [0.717, 1.165) is 42.7 Å². The van der Waals surface area contributed by atoms with Crippen molar-refractivity contribution >= 4 is 29.4 Å². The summed E-state index contributed by atoms with van der Waals surface area (Å²) in [5.41, 5.74) is 1.89. The van der Waals surface area contributed by atoms with Gasteiger partial charge >= 0.3 is 5.97 Å². The zero-order chi connectivity index (χ0) is 24.6. The normalized spacial score (nSPS) is 17.2. The minimum absolute atomic E-state index is 0.0333. The van der Waals surface area contributed by atoms with Crippen LogP contribution in [0.1, 0.15) is 70.3 Å². The van der Waals surface area contributed by atoms with Gasteiger partial charge in [0.05, 0.1) is 18.9 Å². The van der Waals surface area contributed by atoms with Crippen LogP contribution in [-0.2, 0) is 25.7 Å². The van der Waals surface area contributed by atoms with E-state index in [1.165, 1.54) is 26.2 Å². The van der Waals surface area contributed by atoms with E-state index < -0.39 is 0 Å². The van der Waals surface area contributed by atoms with Gasteiger partial charge in [0.2, 0.25) is 17.8 Å². The summed E-state index contributed by atoms with van der Waals surface area (Å²) in [4.78, 5) is 44.1. The average molecular weight is 485 g/mol. The third-order valence-electron chi connectivity index (χ3n) is 6.76. The average Bonchev–Trinajstić information content (AvgIpc) is 3.21. The number of guanidine groups is 1. The fourth-order valence-electron chi connectivity index (χ4n) is 4.99. The number of carbonyl (C=O) groups is 3. The van der Waals surface area contributed by atoms with E-state index in [0.29, 0.717) is 57.7 Å². The van der Waals surface area contributed by atoms with Gasteiger partial charge in [-0.15, -0.1) is 0 Å². The van der Waals surface area contributed by atoms with Gasteiger partial charge < -0.3 is 19.3 Å². The molecular weight excluding hydrogens is 448 g/mol. The fraction of sp³-hybridized carbons (Fsp3) is 0.615. The van der Waals surface area contributed by atoms with Crippen LogP contribution in [0.15, 0.2) is 23.2 Å². The van der Waals surface area contributed by atoms with Crippen LogP contribution in [0.4, 0.5) is 5.69 Å². The molecule has 2 amide bonds. The Labute approximate surface area is 206 Å². The first kappa shape index (κ1) is 25.0. The molecule has 1 aromatic carbocycles. The number of rotatable bonds is 11. The molecule has 1 saturated carbocycles. The minimum atomic E-state index is -0.278. The van der Waals surface area contributed by atoms with E-state index in [2.05, 4.69) is 10.3 Å². The van der Waals surface area contributed by atoms with Crippen LogP contribution < -0.4 is 10.1 Å². The molecule has 0 unspecified atom stereocenters. The van der Waals surface area contributed by atoms with Crippen molar-refractivity contribution in [1.82, 2.24) is 15.1 Å². The lowest BCUT2D eigenvalue weighted by molar-refractivity contribution is -0.141. The van der Waals surface area contributed by atoms with Gasteiger partial charge in [0, 0.05) is 38.0 Å². The molecular formula is C26H36N4O5. The molecule has 9 heteroatoms. The van der Waals surface area contributed by atoms with Crippen LogP contribution in [0.2, 0.25) is 0 Å². The molecule has 1 N–H and O–H groups in total. The second-order valence-electron chi connectivity index (χ2n) is 9.51. The molecule has 9 nitrogen and oxygen atoms in total. The lowest BCUT2D eigenvalue weighted by Gasteiger charge is -2.34. The van der Waals surface area contributed by atoms with Gasteiger partial charge in [-0.2, -0.15) is 0 Å². The Hall–Kier alpha value is -3.10. The van der Waals surface area contributed by atoms with E-state index in [1.807, 2.05) is 28.0 Å². The quantitative estimate of drug-likeness (QED) is 0.382. The van der Waals surface area contributed by atoms with Gasteiger partial charge in [-0.1, -0.05) is 19.3 Å².